The zero-order valence-electron chi connectivity index (χ0n) is 7.99. The van der Waals surface area contributed by atoms with Crippen molar-refractivity contribution in [1.29, 1.82) is 0 Å². The molecule has 0 radical (unpaired) electrons. The lowest BCUT2D eigenvalue weighted by Gasteiger charge is -1.90. The highest BCUT2D eigenvalue weighted by Crippen LogP contribution is 2.20. The lowest BCUT2D eigenvalue weighted by atomic mass is 10.5. The maximum atomic E-state index is 10.3. The van der Waals surface area contributed by atoms with Crippen LogP contribution in [-0.4, -0.2) is 32.0 Å². The highest BCUT2D eigenvalue weighted by atomic mass is 32.2. The van der Waals surface area contributed by atoms with E-state index in [4.69, 9.17) is 9.63 Å². The van der Waals surface area contributed by atoms with Crippen LogP contribution in [0.5, 0.6) is 0 Å². The van der Waals surface area contributed by atoms with Crippen molar-refractivity contribution < 1.29 is 14.4 Å². The fourth-order valence-electron chi connectivity index (χ4n) is 0.965. The van der Waals surface area contributed by atoms with Crippen molar-refractivity contribution in [3.63, 3.8) is 0 Å². The number of thiazole rings is 1. The summed E-state index contributed by atoms with van der Waals surface area (Å²) in [7, 11) is 0. The second kappa shape index (κ2) is 5.08. The van der Waals surface area contributed by atoms with E-state index in [1.54, 1.807) is 11.7 Å². The number of aliphatic carboxylic acids is 1. The molecule has 0 aliphatic heterocycles. The standard InChI is InChI=1S/C8H7N3O3S2/c12-7(13)3-15-2-6-10-8(11-14-6)5-1-9-4-16-5/h1,4H,2-3H2,(H,12,13). The van der Waals surface area contributed by atoms with E-state index in [2.05, 4.69) is 15.1 Å². The quantitative estimate of drug-likeness (QED) is 0.868. The number of carbonyl (C=O) groups is 1. The van der Waals surface area contributed by atoms with Crippen LogP contribution in [-0.2, 0) is 10.5 Å². The van der Waals surface area contributed by atoms with Gasteiger partial charge in [0.1, 0.15) is 0 Å². The number of rotatable bonds is 5. The van der Waals surface area contributed by atoms with Crippen LogP contribution in [0.2, 0.25) is 0 Å². The molecule has 16 heavy (non-hydrogen) atoms. The molecule has 0 aromatic carbocycles. The van der Waals surface area contributed by atoms with Gasteiger partial charge >= 0.3 is 5.97 Å². The summed E-state index contributed by atoms with van der Waals surface area (Å²) >= 11 is 2.64. The van der Waals surface area contributed by atoms with Crippen LogP contribution in [0.15, 0.2) is 16.2 Å². The molecular formula is C8H7N3O3S2. The topological polar surface area (TPSA) is 89.1 Å². The average molecular weight is 257 g/mol. The Labute approximate surface area is 98.7 Å². The first kappa shape index (κ1) is 11.1. The molecule has 0 spiro atoms. The van der Waals surface area contributed by atoms with Crippen molar-refractivity contribution in [2.75, 3.05) is 5.75 Å². The largest absolute Gasteiger partial charge is 0.481 e. The molecule has 8 heteroatoms. The molecule has 2 heterocycles. The first-order valence-electron chi connectivity index (χ1n) is 4.26. The van der Waals surface area contributed by atoms with Gasteiger partial charge in [-0.05, 0) is 0 Å². The van der Waals surface area contributed by atoms with E-state index in [9.17, 15) is 4.79 Å². The van der Waals surface area contributed by atoms with E-state index < -0.39 is 5.97 Å². The smallest absolute Gasteiger partial charge is 0.313 e. The molecule has 1 N–H and O–H groups in total. The molecule has 0 aliphatic rings. The molecule has 0 bridgehead atoms. The Morgan fingerprint density at radius 3 is 3.19 bits per heavy atom. The Bertz CT molecular complexity index is 469. The van der Waals surface area contributed by atoms with Gasteiger partial charge in [-0.3, -0.25) is 9.78 Å². The van der Waals surface area contributed by atoms with Gasteiger partial charge in [0.2, 0.25) is 11.7 Å². The average Bonchev–Trinajstić information content (AvgIpc) is 2.85. The molecule has 84 valence electrons. The molecule has 2 rings (SSSR count). The number of nitrogens with zero attached hydrogens (tertiary/aromatic N) is 3. The first-order chi connectivity index (χ1) is 7.75. The van der Waals surface area contributed by atoms with Crippen molar-refractivity contribution in [2.45, 2.75) is 5.75 Å². The number of aromatic nitrogens is 3. The molecule has 0 fully saturated rings. The normalized spacial score (nSPS) is 10.5. The summed E-state index contributed by atoms with van der Waals surface area (Å²) in [5.41, 5.74) is 1.69. The van der Waals surface area contributed by atoms with Gasteiger partial charge in [-0.2, -0.15) is 4.98 Å². The molecule has 0 saturated carbocycles. The van der Waals surface area contributed by atoms with Crippen LogP contribution in [0.3, 0.4) is 0 Å². The number of thioether (sulfide) groups is 1. The van der Waals surface area contributed by atoms with Crippen molar-refractivity contribution in [3.05, 3.63) is 17.6 Å². The molecule has 0 aliphatic carbocycles. The Morgan fingerprint density at radius 1 is 1.62 bits per heavy atom. The van der Waals surface area contributed by atoms with E-state index >= 15 is 0 Å². The zero-order valence-corrected chi connectivity index (χ0v) is 9.62. The predicted molar refractivity (Wildman–Crippen MR) is 59.2 cm³/mol. The Morgan fingerprint density at radius 2 is 2.50 bits per heavy atom. The molecular weight excluding hydrogens is 250 g/mol. The number of hydrogen-bond donors (Lipinski definition) is 1. The van der Waals surface area contributed by atoms with Gasteiger partial charge in [0.05, 0.1) is 21.9 Å². The number of carboxylic acids is 1. The monoisotopic (exact) mass is 257 g/mol. The second-order valence-corrected chi connectivity index (χ2v) is 4.64. The highest BCUT2D eigenvalue weighted by molar-refractivity contribution is 7.99. The van der Waals surface area contributed by atoms with E-state index in [-0.39, 0.29) is 5.75 Å². The van der Waals surface area contributed by atoms with Gasteiger partial charge in [-0.25, -0.2) is 0 Å². The van der Waals surface area contributed by atoms with Crippen molar-refractivity contribution >= 4 is 29.1 Å². The lowest BCUT2D eigenvalue weighted by molar-refractivity contribution is -0.133. The fourth-order valence-corrected chi connectivity index (χ4v) is 2.08. The molecule has 2 aromatic heterocycles. The second-order valence-electron chi connectivity index (χ2n) is 2.76. The minimum absolute atomic E-state index is 0.0261. The van der Waals surface area contributed by atoms with Gasteiger partial charge < -0.3 is 9.63 Å². The SMILES string of the molecule is O=C(O)CSCc1nc(-c2cncs2)no1. The first-order valence-corrected chi connectivity index (χ1v) is 6.30. The van der Waals surface area contributed by atoms with Gasteiger partial charge in [0.25, 0.3) is 0 Å². The Hall–Kier alpha value is -1.41. The summed E-state index contributed by atoms with van der Waals surface area (Å²) in [4.78, 5) is 19.2. The minimum Gasteiger partial charge on any atom is -0.481 e. The van der Waals surface area contributed by atoms with E-state index in [1.165, 1.54) is 23.1 Å². The third-order valence-corrected chi connectivity index (χ3v) is 3.24. The predicted octanol–water partition coefficient (Wildman–Crippen LogP) is 1.51. The van der Waals surface area contributed by atoms with Crippen molar-refractivity contribution in [3.8, 4) is 10.7 Å². The van der Waals surface area contributed by atoms with Crippen LogP contribution < -0.4 is 0 Å². The lowest BCUT2D eigenvalue weighted by Crippen LogP contribution is -1.98. The molecule has 0 amide bonds. The van der Waals surface area contributed by atoms with Crippen molar-refractivity contribution in [1.82, 2.24) is 15.1 Å². The zero-order chi connectivity index (χ0) is 11.4. The molecule has 0 saturated heterocycles. The highest BCUT2D eigenvalue weighted by Gasteiger charge is 2.10. The van der Waals surface area contributed by atoms with Crippen LogP contribution >= 0.6 is 23.1 Å². The summed E-state index contributed by atoms with van der Waals surface area (Å²) in [6.07, 6.45) is 1.66. The maximum Gasteiger partial charge on any atom is 0.313 e. The van der Waals surface area contributed by atoms with Gasteiger partial charge in [-0.1, -0.05) is 5.16 Å². The summed E-state index contributed by atoms with van der Waals surface area (Å²) < 4.78 is 4.97. The number of carboxylic acid groups (broad SMARTS) is 1. The summed E-state index contributed by atoms with van der Waals surface area (Å²) in [5.74, 6) is 0.492. The summed E-state index contributed by atoms with van der Waals surface area (Å²) in [6, 6.07) is 0. The van der Waals surface area contributed by atoms with Gasteiger partial charge in [0.15, 0.2) is 0 Å². The van der Waals surface area contributed by atoms with Gasteiger partial charge in [-0.15, -0.1) is 23.1 Å². The van der Waals surface area contributed by atoms with Crippen LogP contribution in [0, 0.1) is 0 Å². The van der Waals surface area contributed by atoms with Crippen molar-refractivity contribution in [2.24, 2.45) is 0 Å². The van der Waals surface area contributed by atoms with Crippen LogP contribution in [0.1, 0.15) is 5.89 Å². The van der Waals surface area contributed by atoms with Gasteiger partial charge in [0, 0.05) is 6.20 Å². The third-order valence-electron chi connectivity index (χ3n) is 1.57. The van der Waals surface area contributed by atoms with E-state index in [0.29, 0.717) is 17.5 Å². The summed E-state index contributed by atoms with van der Waals surface area (Å²) in [5, 5.41) is 12.2. The van der Waals surface area contributed by atoms with E-state index in [1.807, 2.05) is 0 Å². The van der Waals surface area contributed by atoms with Crippen LogP contribution in [0.25, 0.3) is 10.7 Å². The summed E-state index contributed by atoms with van der Waals surface area (Å²) in [6.45, 7) is 0. The van der Waals surface area contributed by atoms with Crippen LogP contribution in [0.4, 0.5) is 0 Å². The molecule has 0 atom stereocenters. The maximum absolute atomic E-state index is 10.3. The molecule has 0 unspecified atom stereocenters. The molecule has 6 nitrogen and oxygen atoms in total. The number of hydrogen-bond acceptors (Lipinski definition) is 7. The Kier molecular flexibility index (Phi) is 3.52. The van der Waals surface area contributed by atoms with E-state index in [0.717, 1.165) is 4.88 Å². The molecule has 2 aromatic rings. The fraction of sp³-hybridized carbons (Fsp3) is 0.250. The third kappa shape index (κ3) is 2.80. The Balaban J connectivity index is 1.95. The minimum atomic E-state index is -0.854.